The highest BCUT2D eigenvalue weighted by Gasteiger charge is 2.32. The van der Waals surface area contributed by atoms with Crippen molar-refractivity contribution in [2.45, 2.75) is 22.8 Å². The van der Waals surface area contributed by atoms with E-state index in [-0.39, 0.29) is 21.4 Å². The Hall–Kier alpha value is -3.46. The van der Waals surface area contributed by atoms with E-state index in [1.54, 1.807) is 6.07 Å². The van der Waals surface area contributed by atoms with Crippen LogP contribution in [0.5, 0.6) is 0 Å². The first-order valence-electron chi connectivity index (χ1n) is 7.55. The quantitative estimate of drug-likeness (QED) is 0.468. The van der Waals surface area contributed by atoms with Crippen LogP contribution in [0.2, 0.25) is 0 Å². The lowest BCUT2D eigenvalue weighted by Crippen LogP contribution is -2.19. The molecule has 0 spiro atoms. The van der Waals surface area contributed by atoms with E-state index in [1.807, 2.05) is 0 Å². The smallest absolute Gasteiger partial charge is 0.293 e. The molecule has 2 heterocycles. The Morgan fingerprint density at radius 2 is 1.93 bits per heavy atom. The third-order valence-electron chi connectivity index (χ3n) is 3.48. The van der Waals surface area contributed by atoms with Crippen LogP contribution in [0, 0.1) is 21.4 Å². The van der Waals surface area contributed by atoms with Gasteiger partial charge in [-0.2, -0.15) is 18.4 Å². The minimum Gasteiger partial charge on any atom is -0.293 e. The molecule has 0 aliphatic carbocycles. The van der Waals surface area contributed by atoms with Gasteiger partial charge < -0.3 is 0 Å². The molecular weight excluding hydrogens is 397 g/mol. The molecule has 0 saturated heterocycles. The summed E-state index contributed by atoms with van der Waals surface area (Å²) in [5, 5.41) is 27.6. The van der Waals surface area contributed by atoms with Gasteiger partial charge in [0.25, 0.3) is 5.69 Å². The predicted octanol–water partition coefficient (Wildman–Crippen LogP) is 3.83. The third kappa shape index (κ3) is 4.26. The number of hydrogen-bond acceptors (Lipinski definition) is 7. The Morgan fingerprint density at radius 1 is 1.21 bits per heavy atom. The summed E-state index contributed by atoms with van der Waals surface area (Å²) in [6.07, 6.45) is -1.75. The monoisotopic (exact) mass is 406 g/mol. The number of hydrogen-bond donors (Lipinski definition) is 0. The first-order valence-corrected chi connectivity index (χ1v) is 8.37. The molecule has 0 saturated carbocycles. The lowest BCUT2D eigenvalue weighted by molar-refractivity contribution is -0.387. The van der Waals surface area contributed by atoms with Crippen LogP contribution < -0.4 is 0 Å². The summed E-state index contributed by atoms with van der Waals surface area (Å²) in [5.74, 6) is -0.0430. The molecule has 0 unspecified atom stereocenters. The highest BCUT2D eigenvalue weighted by Crippen LogP contribution is 2.37. The van der Waals surface area contributed by atoms with Gasteiger partial charge in [-0.3, -0.25) is 19.7 Å². The fourth-order valence-electron chi connectivity index (χ4n) is 2.31. The molecular formula is C16H9F3N6O2S. The van der Waals surface area contributed by atoms with Crippen LogP contribution in [0.1, 0.15) is 5.56 Å². The lowest BCUT2D eigenvalue weighted by atomic mass is 10.2. The second kappa shape index (κ2) is 7.65. The number of nitrogens with zero attached hydrogens (tertiary/aromatic N) is 6. The molecule has 0 amide bonds. The minimum atomic E-state index is -4.56. The van der Waals surface area contributed by atoms with E-state index >= 15 is 0 Å². The minimum absolute atomic E-state index is 0.0427. The van der Waals surface area contributed by atoms with Crippen molar-refractivity contribution in [3.8, 4) is 17.5 Å². The molecule has 0 N–H and O–H groups in total. The van der Waals surface area contributed by atoms with Crippen LogP contribution in [0.3, 0.4) is 0 Å². The van der Waals surface area contributed by atoms with Crippen molar-refractivity contribution >= 4 is 17.4 Å². The Balaban J connectivity index is 2.07. The topological polar surface area (TPSA) is 111 Å². The summed E-state index contributed by atoms with van der Waals surface area (Å²) in [4.78, 5) is 14.4. The molecule has 28 heavy (non-hydrogen) atoms. The SMILES string of the molecule is N#Cc1ccc(Sc2nnc(-c3ccncc3)n2CC(F)(F)F)c([N+](=O)[O-])c1. The zero-order valence-electron chi connectivity index (χ0n) is 13.8. The van der Waals surface area contributed by atoms with Gasteiger partial charge in [0, 0.05) is 24.0 Å². The molecule has 0 radical (unpaired) electrons. The van der Waals surface area contributed by atoms with Crippen molar-refractivity contribution in [3.05, 3.63) is 58.4 Å². The van der Waals surface area contributed by atoms with E-state index in [1.165, 1.54) is 36.7 Å². The second-order valence-corrected chi connectivity index (χ2v) is 6.41. The number of nitriles is 1. The van der Waals surface area contributed by atoms with Gasteiger partial charge in [0.2, 0.25) is 0 Å². The normalized spacial score (nSPS) is 11.2. The summed E-state index contributed by atoms with van der Waals surface area (Å²) in [7, 11) is 0. The van der Waals surface area contributed by atoms with Gasteiger partial charge in [-0.15, -0.1) is 10.2 Å². The zero-order valence-corrected chi connectivity index (χ0v) is 14.6. The average molecular weight is 406 g/mol. The Kier molecular flexibility index (Phi) is 5.27. The van der Waals surface area contributed by atoms with Crippen molar-refractivity contribution in [2.75, 3.05) is 0 Å². The van der Waals surface area contributed by atoms with Crippen LogP contribution in [0.4, 0.5) is 18.9 Å². The first-order chi connectivity index (χ1) is 13.3. The molecule has 0 fully saturated rings. The molecule has 2 aromatic heterocycles. The first kappa shape index (κ1) is 19.3. The molecule has 0 atom stereocenters. The maximum atomic E-state index is 13.1. The summed E-state index contributed by atoms with van der Waals surface area (Å²) in [5.41, 5.74) is 0.0225. The van der Waals surface area contributed by atoms with Crippen molar-refractivity contribution in [1.29, 1.82) is 5.26 Å². The molecule has 8 nitrogen and oxygen atoms in total. The van der Waals surface area contributed by atoms with Crippen LogP contribution in [0.25, 0.3) is 11.4 Å². The van der Waals surface area contributed by atoms with Gasteiger partial charge in [0.1, 0.15) is 6.54 Å². The molecule has 3 aromatic rings. The molecule has 1 aromatic carbocycles. The van der Waals surface area contributed by atoms with E-state index in [4.69, 9.17) is 5.26 Å². The Labute approximate surface area is 159 Å². The number of nitro benzene ring substituents is 1. The van der Waals surface area contributed by atoms with E-state index in [9.17, 15) is 23.3 Å². The molecule has 142 valence electrons. The van der Waals surface area contributed by atoms with Gasteiger partial charge in [0.05, 0.1) is 21.5 Å². The molecule has 0 aliphatic heterocycles. The number of rotatable bonds is 5. The molecule has 0 bridgehead atoms. The average Bonchev–Trinajstić information content (AvgIpc) is 3.03. The molecule has 3 rings (SSSR count). The number of aromatic nitrogens is 4. The standard InChI is InChI=1S/C16H9F3N6O2S/c17-16(18,19)9-24-14(11-3-5-21-6-4-11)22-23-15(24)28-13-2-1-10(8-20)7-12(13)25(26)27/h1-7H,9H2. The van der Waals surface area contributed by atoms with Crippen LogP contribution in [0.15, 0.2) is 52.8 Å². The summed E-state index contributed by atoms with van der Waals surface area (Å²) in [6, 6.07) is 8.42. The van der Waals surface area contributed by atoms with Gasteiger partial charge >= 0.3 is 6.18 Å². The third-order valence-corrected chi connectivity index (χ3v) is 4.53. The molecule has 12 heteroatoms. The number of benzene rings is 1. The number of pyridine rings is 1. The van der Waals surface area contributed by atoms with E-state index < -0.39 is 23.3 Å². The van der Waals surface area contributed by atoms with Gasteiger partial charge in [-0.1, -0.05) is 0 Å². The zero-order chi connectivity index (χ0) is 20.3. The summed E-state index contributed by atoms with van der Waals surface area (Å²) >= 11 is 0.667. The van der Waals surface area contributed by atoms with Crippen molar-refractivity contribution in [1.82, 2.24) is 19.7 Å². The summed E-state index contributed by atoms with van der Waals surface area (Å²) in [6.45, 7) is -1.37. The van der Waals surface area contributed by atoms with Crippen molar-refractivity contribution in [3.63, 3.8) is 0 Å². The Morgan fingerprint density at radius 3 is 2.54 bits per heavy atom. The number of nitro groups is 1. The van der Waals surface area contributed by atoms with E-state index in [0.717, 1.165) is 10.6 Å². The van der Waals surface area contributed by atoms with Crippen LogP contribution in [-0.2, 0) is 6.54 Å². The highest BCUT2D eigenvalue weighted by atomic mass is 32.2. The summed E-state index contributed by atoms with van der Waals surface area (Å²) < 4.78 is 40.1. The second-order valence-electron chi connectivity index (χ2n) is 5.40. The fourth-order valence-corrected chi connectivity index (χ4v) is 3.23. The van der Waals surface area contributed by atoms with Gasteiger partial charge in [-0.25, -0.2) is 0 Å². The van der Waals surface area contributed by atoms with Crippen molar-refractivity contribution in [2.24, 2.45) is 0 Å². The highest BCUT2D eigenvalue weighted by molar-refractivity contribution is 7.99. The van der Waals surface area contributed by atoms with Gasteiger partial charge in [0.15, 0.2) is 11.0 Å². The predicted molar refractivity (Wildman–Crippen MR) is 91.2 cm³/mol. The van der Waals surface area contributed by atoms with E-state index in [2.05, 4.69) is 15.2 Å². The Bertz CT molecular complexity index is 1060. The lowest BCUT2D eigenvalue weighted by Gasteiger charge is -2.12. The van der Waals surface area contributed by atoms with Crippen molar-refractivity contribution < 1.29 is 18.1 Å². The largest absolute Gasteiger partial charge is 0.406 e. The fraction of sp³-hybridized carbons (Fsp3) is 0.125. The maximum Gasteiger partial charge on any atom is 0.406 e. The maximum absolute atomic E-state index is 13.1. The van der Waals surface area contributed by atoms with Crippen LogP contribution >= 0.6 is 11.8 Å². The van der Waals surface area contributed by atoms with E-state index in [0.29, 0.717) is 17.3 Å². The molecule has 0 aliphatic rings. The van der Waals surface area contributed by atoms with Crippen LogP contribution in [-0.4, -0.2) is 30.8 Å². The number of halogens is 3. The number of alkyl halides is 3. The van der Waals surface area contributed by atoms with Gasteiger partial charge in [-0.05, 0) is 36.0 Å².